The molecule has 4 aliphatic heterocycles. The molecule has 0 amide bonds. The van der Waals surface area contributed by atoms with E-state index in [9.17, 15) is 40.5 Å². The zero-order chi connectivity index (χ0) is 44.0. The normalized spacial score (nSPS) is 48.3. The van der Waals surface area contributed by atoms with E-state index in [1.807, 2.05) is 31.2 Å². The number of aliphatic hydroxyl groups excluding tert-OH is 5. The first-order chi connectivity index (χ1) is 27.6. The van der Waals surface area contributed by atoms with Gasteiger partial charge in [-0.1, -0.05) is 31.2 Å². The van der Waals surface area contributed by atoms with E-state index in [0.29, 0.717) is 12.8 Å². The highest BCUT2D eigenvalue weighted by Gasteiger charge is 2.52. The van der Waals surface area contributed by atoms with Crippen molar-refractivity contribution < 1.29 is 78.4 Å². The Labute approximate surface area is 349 Å². The van der Waals surface area contributed by atoms with Gasteiger partial charge >= 0.3 is 5.97 Å². The number of methoxy groups -OCH3 is 1. The van der Waals surface area contributed by atoms with Crippen molar-refractivity contribution in [2.45, 2.75) is 196 Å². The maximum atomic E-state index is 13.1. The van der Waals surface area contributed by atoms with Gasteiger partial charge in [-0.25, -0.2) is 0 Å². The van der Waals surface area contributed by atoms with Crippen molar-refractivity contribution in [2.75, 3.05) is 27.8 Å². The van der Waals surface area contributed by atoms with Crippen molar-refractivity contribution in [3.63, 3.8) is 0 Å². The van der Waals surface area contributed by atoms with Gasteiger partial charge in [0.2, 0.25) is 0 Å². The Hall–Kier alpha value is -1.65. The SMILES string of the molecule is COC1[C@H](O)CC(=O)O[C@H](C)C/C=C/C=C/[C@H](O[C@H]2C[C@@](C)(O)[C@@H](O)[C@H](C)O2)[C@H](C)C[C@H](CCO)[C@@H]1O[C@@H]1O[C@H](C)[C@@H](O[C@H]2C[C@@](C)(O)[C@@H](O)[C@H](C)O2)[C@H](N(C)C)[C@H]1O. The molecule has 7 N–H and O–H groups in total. The van der Waals surface area contributed by atoms with E-state index < -0.39 is 128 Å². The highest BCUT2D eigenvalue weighted by atomic mass is 16.7. The smallest absolute Gasteiger partial charge is 0.308 e. The van der Waals surface area contributed by atoms with E-state index in [0.717, 1.165) is 0 Å². The van der Waals surface area contributed by atoms with Crippen LogP contribution in [0.4, 0.5) is 0 Å². The molecule has 0 saturated carbocycles. The molecule has 0 aliphatic carbocycles. The molecule has 4 rings (SSSR count). The fourth-order valence-electron chi connectivity index (χ4n) is 8.88. The molecule has 4 heterocycles. The summed E-state index contributed by atoms with van der Waals surface area (Å²) in [6.45, 7) is 11.5. The second-order valence-electron chi connectivity index (χ2n) is 17.8. The average molecular weight is 848 g/mol. The molecule has 1 unspecified atom stereocenters. The Balaban J connectivity index is 1.68. The molecule has 0 bridgehead atoms. The molecule has 20 atom stereocenters. The topological polar surface area (TPSA) is 236 Å². The minimum absolute atomic E-state index is 0.0119. The lowest BCUT2D eigenvalue weighted by Crippen LogP contribution is -2.65. The number of carbonyl (C=O) groups excluding carboxylic acids is 1. The van der Waals surface area contributed by atoms with Crippen molar-refractivity contribution >= 4 is 5.97 Å². The van der Waals surface area contributed by atoms with Gasteiger partial charge < -0.3 is 78.5 Å². The van der Waals surface area contributed by atoms with E-state index >= 15 is 0 Å². The fraction of sp³-hybridized carbons (Fsp3) is 0.881. The van der Waals surface area contributed by atoms with Gasteiger partial charge in [0, 0.05) is 33.0 Å². The molecular weight excluding hydrogens is 774 g/mol. The predicted octanol–water partition coefficient (Wildman–Crippen LogP) is 0.910. The van der Waals surface area contributed by atoms with Crippen LogP contribution >= 0.6 is 0 Å². The molecule has 4 aliphatic rings. The number of cyclic esters (lactones) is 1. The number of hydrogen-bond acceptors (Lipinski definition) is 17. The van der Waals surface area contributed by atoms with Crippen LogP contribution in [0, 0.1) is 11.8 Å². The van der Waals surface area contributed by atoms with E-state index in [1.54, 1.807) is 46.7 Å². The third-order valence-corrected chi connectivity index (χ3v) is 12.2. The summed E-state index contributed by atoms with van der Waals surface area (Å²) >= 11 is 0. The summed E-state index contributed by atoms with van der Waals surface area (Å²) in [7, 11) is 4.90. The van der Waals surface area contributed by atoms with E-state index in [-0.39, 0.29) is 31.8 Å². The van der Waals surface area contributed by atoms with E-state index in [1.165, 1.54) is 21.0 Å². The number of allylic oxidation sites excluding steroid dienone is 2. The lowest BCUT2D eigenvalue weighted by molar-refractivity contribution is -0.344. The van der Waals surface area contributed by atoms with Gasteiger partial charge in [-0.05, 0) is 80.3 Å². The van der Waals surface area contributed by atoms with Gasteiger partial charge in [0.05, 0.1) is 60.3 Å². The molecule has 0 radical (unpaired) electrons. The average Bonchev–Trinajstić information content (AvgIpc) is 3.12. The van der Waals surface area contributed by atoms with Crippen LogP contribution in [0.2, 0.25) is 0 Å². The van der Waals surface area contributed by atoms with Gasteiger partial charge in [0.25, 0.3) is 0 Å². The Morgan fingerprint density at radius 2 is 1.41 bits per heavy atom. The van der Waals surface area contributed by atoms with Gasteiger partial charge in [0.1, 0.15) is 36.6 Å². The lowest BCUT2D eigenvalue weighted by atomic mass is 9.82. The van der Waals surface area contributed by atoms with Crippen molar-refractivity contribution in [3.8, 4) is 0 Å². The first-order valence-electron chi connectivity index (χ1n) is 21.0. The zero-order valence-corrected chi connectivity index (χ0v) is 36.4. The summed E-state index contributed by atoms with van der Waals surface area (Å²) in [5.74, 6) is -1.56. The number of rotatable bonds is 10. The number of esters is 1. The summed E-state index contributed by atoms with van der Waals surface area (Å²) < 4.78 is 49.4. The highest BCUT2D eigenvalue weighted by Crippen LogP contribution is 2.38. The number of hydrogen-bond donors (Lipinski definition) is 7. The monoisotopic (exact) mass is 847 g/mol. The summed E-state index contributed by atoms with van der Waals surface area (Å²) in [4.78, 5) is 14.9. The second-order valence-corrected chi connectivity index (χ2v) is 17.8. The van der Waals surface area contributed by atoms with Gasteiger partial charge in [0.15, 0.2) is 18.9 Å². The summed E-state index contributed by atoms with van der Waals surface area (Å²) in [5, 5.41) is 77.0. The van der Waals surface area contributed by atoms with E-state index in [4.69, 9.17) is 37.9 Å². The predicted molar refractivity (Wildman–Crippen MR) is 212 cm³/mol. The van der Waals surface area contributed by atoms with E-state index in [2.05, 4.69) is 0 Å². The molecule has 59 heavy (non-hydrogen) atoms. The number of aliphatic hydroxyl groups is 7. The van der Waals surface area contributed by atoms with Crippen LogP contribution in [0.1, 0.15) is 87.0 Å². The molecule has 17 heteroatoms. The minimum atomic E-state index is -1.48. The molecule has 17 nitrogen and oxygen atoms in total. The molecule has 3 saturated heterocycles. The van der Waals surface area contributed by atoms with Crippen molar-refractivity contribution in [3.05, 3.63) is 24.3 Å². The van der Waals surface area contributed by atoms with Crippen molar-refractivity contribution in [2.24, 2.45) is 11.8 Å². The van der Waals surface area contributed by atoms with Crippen LogP contribution in [0.3, 0.4) is 0 Å². The largest absolute Gasteiger partial charge is 0.462 e. The highest BCUT2D eigenvalue weighted by molar-refractivity contribution is 5.70. The van der Waals surface area contributed by atoms with Crippen molar-refractivity contribution in [1.29, 1.82) is 0 Å². The fourth-order valence-corrected chi connectivity index (χ4v) is 8.88. The summed E-state index contributed by atoms with van der Waals surface area (Å²) in [5.41, 5.74) is -2.94. The number of carbonyl (C=O) groups is 1. The molecule has 0 aromatic carbocycles. The number of likely N-dealkylation sites (N-methyl/N-ethyl adjacent to an activating group) is 1. The van der Waals surface area contributed by atoms with Gasteiger partial charge in [-0.3, -0.25) is 4.79 Å². The Kier molecular flexibility index (Phi) is 18.3. The van der Waals surface area contributed by atoms with Crippen LogP contribution < -0.4 is 0 Å². The molecular formula is C42H73NO16. The lowest BCUT2D eigenvalue weighted by Gasteiger charge is -2.50. The Morgan fingerprint density at radius 3 is 1.95 bits per heavy atom. The Bertz CT molecular complexity index is 1360. The maximum absolute atomic E-state index is 13.1. The first-order valence-corrected chi connectivity index (χ1v) is 21.0. The quantitative estimate of drug-likeness (QED) is 0.151. The van der Waals surface area contributed by atoms with Gasteiger partial charge in [-0.15, -0.1) is 0 Å². The molecule has 342 valence electrons. The third-order valence-electron chi connectivity index (χ3n) is 12.2. The first kappa shape index (κ1) is 50.0. The Morgan fingerprint density at radius 1 is 0.814 bits per heavy atom. The maximum Gasteiger partial charge on any atom is 0.308 e. The van der Waals surface area contributed by atoms with Crippen LogP contribution in [0.25, 0.3) is 0 Å². The second kappa shape index (κ2) is 21.6. The van der Waals surface area contributed by atoms with Crippen LogP contribution in [-0.4, -0.2) is 184 Å². The minimum Gasteiger partial charge on any atom is -0.462 e. The summed E-state index contributed by atoms with van der Waals surface area (Å²) in [6, 6.07) is -0.743. The third kappa shape index (κ3) is 13.0. The molecule has 0 spiro atoms. The number of nitrogens with zero attached hydrogens (tertiary/aromatic N) is 1. The standard InChI is InChI=1S/C42H73NO16/c1-22-18-27(16-17-44)36(59-40-34(47)33(43(8)9)35(24(3)56-40)58-32-21-42(7,51)39(49)26(5)55-32)37(52-10)28(45)19-30(46)53-23(2)14-12-11-13-15-29(22)57-31-20-41(6,50)38(48)25(4)54-31/h11-13,15,22-29,31-40,44-45,47-51H,14,16-21H2,1-10H3/b12-11+,15-13+/t22-,23-,24-,25+,26+,27+,28-,29+,31+,32+,33-,34-,35-,36+,37?,38+,39+,40+,41-,42-/m1/s1. The zero-order valence-electron chi connectivity index (χ0n) is 36.4. The van der Waals surface area contributed by atoms with Crippen molar-refractivity contribution in [1.82, 2.24) is 4.90 Å². The van der Waals surface area contributed by atoms with Crippen LogP contribution in [-0.2, 0) is 42.7 Å². The number of ether oxygens (including phenoxy) is 8. The van der Waals surface area contributed by atoms with Crippen LogP contribution in [0.15, 0.2) is 24.3 Å². The van der Waals surface area contributed by atoms with Gasteiger partial charge in [-0.2, -0.15) is 0 Å². The summed E-state index contributed by atoms with van der Waals surface area (Å²) in [6.07, 6.45) is -6.74. The molecule has 3 fully saturated rings. The van der Waals surface area contributed by atoms with Crippen LogP contribution in [0.5, 0.6) is 0 Å². The molecule has 0 aromatic heterocycles. The molecule has 0 aromatic rings.